The number of halogens is 4. The van der Waals surface area contributed by atoms with Crippen LogP contribution in [0.3, 0.4) is 0 Å². The van der Waals surface area contributed by atoms with Gasteiger partial charge in [-0.3, -0.25) is 4.79 Å². The van der Waals surface area contributed by atoms with Gasteiger partial charge in [-0.1, -0.05) is 11.6 Å². The van der Waals surface area contributed by atoms with E-state index in [1.165, 1.54) is 0 Å². The first kappa shape index (κ1) is 12.2. The van der Waals surface area contributed by atoms with Crippen LogP contribution in [-0.2, 0) is 11.0 Å². The van der Waals surface area contributed by atoms with Crippen LogP contribution in [0.2, 0.25) is 5.02 Å². The van der Waals surface area contributed by atoms with Crippen molar-refractivity contribution in [3.8, 4) is 0 Å². The number of rotatable bonds is 2. The second-order valence-electron chi connectivity index (χ2n) is 3.96. The van der Waals surface area contributed by atoms with E-state index in [0.29, 0.717) is 0 Å². The summed E-state index contributed by atoms with van der Waals surface area (Å²) in [6.45, 7) is 0. The highest BCUT2D eigenvalue weighted by Gasteiger charge is 2.33. The molecule has 1 aliphatic rings. The fourth-order valence-corrected chi connectivity index (χ4v) is 1.54. The third kappa shape index (κ3) is 2.91. The second-order valence-corrected chi connectivity index (χ2v) is 4.36. The Balaban J connectivity index is 2.22. The van der Waals surface area contributed by atoms with Gasteiger partial charge in [0.2, 0.25) is 5.91 Å². The molecule has 0 heterocycles. The van der Waals surface area contributed by atoms with Gasteiger partial charge in [0.25, 0.3) is 0 Å². The van der Waals surface area contributed by atoms with Gasteiger partial charge in [0.1, 0.15) is 0 Å². The lowest BCUT2D eigenvalue weighted by atomic mass is 10.2. The molecule has 92 valence electrons. The molecule has 0 bridgehead atoms. The summed E-state index contributed by atoms with van der Waals surface area (Å²) in [5.41, 5.74) is -0.814. The maximum atomic E-state index is 12.5. The molecule has 17 heavy (non-hydrogen) atoms. The minimum atomic E-state index is -4.44. The summed E-state index contributed by atoms with van der Waals surface area (Å²) >= 11 is 5.73. The first-order valence-electron chi connectivity index (χ1n) is 5.05. The number of carbonyl (C=O) groups excluding carboxylic acids is 1. The average molecular weight is 264 g/mol. The topological polar surface area (TPSA) is 29.1 Å². The molecule has 0 radical (unpaired) electrons. The maximum Gasteiger partial charge on any atom is 0.416 e. The molecule has 1 saturated carbocycles. The lowest BCUT2D eigenvalue weighted by Crippen LogP contribution is -2.14. The number of nitrogens with one attached hydrogen (secondary N) is 1. The Labute approximate surface area is 101 Å². The molecule has 1 aromatic rings. The molecule has 0 saturated heterocycles. The van der Waals surface area contributed by atoms with Gasteiger partial charge in [0.05, 0.1) is 16.3 Å². The average Bonchev–Trinajstić information content (AvgIpc) is 3.02. The Kier molecular flexibility index (Phi) is 3.03. The van der Waals surface area contributed by atoms with Crippen molar-refractivity contribution in [3.05, 3.63) is 28.8 Å². The van der Waals surface area contributed by atoms with Crippen LogP contribution >= 0.6 is 11.6 Å². The number of alkyl halides is 3. The molecule has 0 unspecified atom stereocenters. The molecule has 1 aliphatic carbocycles. The fraction of sp³-hybridized carbons (Fsp3) is 0.364. The van der Waals surface area contributed by atoms with Gasteiger partial charge in [-0.05, 0) is 31.0 Å². The SMILES string of the molecule is O=C(Nc1cc(C(F)(F)F)ccc1Cl)C1CC1. The number of anilines is 1. The Bertz CT molecular complexity index is 455. The van der Waals surface area contributed by atoms with Gasteiger partial charge >= 0.3 is 6.18 Å². The summed E-state index contributed by atoms with van der Waals surface area (Å²) in [4.78, 5) is 11.4. The highest BCUT2D eigenvalue weighted by molar-refractivity contribution is 6.33. The first-order chi connectivity index (χ1) is 7.88. The van der Waals surface area contributed by atoms with Crippen molar-refractivity contribution in [3.63, 3.8) is 0 Å². The Morgan fingerprint density at radius 3 is 2.53 bits per heavy atom. The van der Waals surface area contributed by atoms with Crippen LogP contribution in [0.15, 0.2) is 18.2 Å². The summed E-state index contributed by atoms with van der Waals surface area (Å²) in [5, 5.41) is 2.52. The zero-order valence-corrected chi connectivity index (χ0v) is 9.40. The third-order valence-electron chi connectivity index (χ3n) is 2.50. The van der Waals surface area contributed by atoms with Crippen molar-refractivity contribution in [1.29, 1.82) is 0 Å². The number of hydrogen-bond acceptors (Lipinski definition) is 1. The zero-order valence-electron chi connectivity index (χ0n) is 8.64. The van der Waals surface area contributed by atoms with Crippen LogP contribution in [-0.4, -0.2) is 5.91 Å². The van der Waals surface area contributed by atoms with E-state index in [9.17, 15) is 18.0 Å². The number of amides is 1. The van der Waals surface area contributed by atoms with E-state index in [1.54, 1.807) is 0 Å². The fourth-order valence-electron chi connectivity index (χ4n) is 1.38. The Hall–Kier alpha value is -1.23. The van der Waals surface area contributed by atoms with Crippen molar-refractivity contribution in [2.24, 2.45) is 5.92 Å². The lowest BCUT2D eigenvalue weighted by molar-refractivity contribution is -0.137. The smallest absolute Gasteiger partial charge is 0.325 e. The van der Waals surface area contributed by atoms with Gasteiger partial charge in [-0.15, -0.1) is 0 Å². The normalized spacial score (nSPS) is 15.8. The van der Waals surface area contributed by atoms with Crippen LogP contribution in [0.5, 0.6) is 0 Å². The van der Waals surface area contributed by atoms with E-state index in [1.807, 2.05) is 0 Å². The largest absolute Gasteiger partial charge is 0.416 e. The van der Waals surface area contributed by atoms with Crippen molar-refractivity contribution >= 4 is 23.2 Å². The molecule has 1 fully saturated rings. The van der Waals surface area contributed by atoms with Crippen LogP contribution < -0.4 is 5.32 Å². The van der Waals surface area contributed by atoms with E-state index < -0.39 is 11.7 Å². The summed E-state index contributed by atoms with van der Waals surface area (Å²) < 4.78 is 37.4. The summed E-state index contributed by atoms with van der Waals surface area (Å²) in [6, 6.07) is 2.87. The third-order valence-corrected chi connectivity index (χ3v) is 2.83. The van der Waals surface area contributed by atoms with E-state index in [4.69, 9.17) is 11.6 Å². The summed E-state index contributed by atoms with van der Waals surface area (Å²) in [5.74, 6) is -0.355. The number of benzene rings is 1. The molecule has 1 aromatic carbocycles. The molecule has 1 N–H and O–H groups in total. The number of carbonyl (C=O) groups is 1. The van der Waals surface area contributed by atoms with Gasteiger partial charge in [-0.2, -0.15) is 13.2 Å². The molecule has 0 spiro atoms. The van der Waals surface area contributed by atoms with Gasteiger partial charge in [0, 0.05) is 5.92 Å². The van der Waals surface area contributed by atoms with Crippen molar-refractivity contribution in [1.82, 2.24) is 0 Å². The van der Waals surface area contributed by atoms with Gasteiger partial charge < -0.3 is 5.32 Å². The van der Waals surface area contributed by atoms with Gasteiger partial charge in [-0.25, -0.2) is 0 Å². The van der Waals surface area contributed by atoms with Crippen LogP contribution in [0, 0.1) is 5.92 Å². The molecule has 0 aliphatic heterocycles. The quantitative estimate of drug-likeness (QED) is 0.866. The van der Waals surface area contributed by atoms with E-state index in [-0.39, 0.29) is 22.5 Å². The summed E-state index contributed by atoms with van der Waals surface area (Å²) in [7, 11) is 0. The molecule has 0 aromatic heterocycles. The lowest BCUT2D eigenvalue weighted by Gasteiger charge is -2.11. The Morgan fingerprint density at radius 1 is 1.35 bits per heavy atom. The molecular formula is C11H9ClF3NO. The predicted octanol–water partition coefficient (Wildman–Crippen LogP) is 3.71. The minimum absolute atomic E-state index is 0.0124. The highest BCUT2D eigenvalue weighted by atomic mass is 35.5. The van der Waals surface area contributed by atoms with Crippen LogP contribution in [0.25, 0.3) is 0 Å². The second kappa shape index (κ2) is 4.22. The molecule has 2 nitrogen and oxygen atoms in total. The van der Waals surface area contributed by atoms with E-state index >= 15 is 0 Å². The monoisotopic (exact) mass is 263 g/mol. The maximum absolute atomic E-state index is 12.5. The van der Waals surface area contributed by atoms with Crippen LogP contribution in [0.1, 0.15) is 18.4 Å². The predicted molar refractivity (Wildman–Crippen MR) is 57.8 cm³/mol. The molecule has 1 amide bonds. The van der Waals surface area contributed by atoms with E-state index in [0.717, 1.165) is 31.0 Å². The Morgan fingerprint density at radius 2 is 2.00 bits per heavy atom. The molecule has 2 rings (SSSR count). The molecular weight excluding hydrogens is 255 g/mol. The van der Waals surface area contributed by atoms with Gasteiger partial charge in [0.15, 0.2) is 0 Å². The zero-order chi connectivity index (χ0) is 12.6. The molecule has 6 heteroatoms. The first-order valence-corrected chi connectivity index (χ1v) is 5.43. The number of hydrogen-bond donors (Lipinski definition) is 1. The van der Waals surface area contributed by atoms with Crippen molar-refractivity contribution in [2.45, 2.75) is 19.0 Å². The van der Waals surface area contributed by atoms with Crippen molar-refractivity contribution < 1.29 is 18.0 Å². The van der Waals surface area contributed by atoms with Crippen molar-refractivity contribution in [2.75, 3.05) is 5.32 Å². The molecule has 0 atom stereocenters. The van der Waals surface area contributed by atoms with E-state index in [2.05, 4.69) is 5.32 Å². The highest BCUT2D eigenvalue weighted by Crippen LogP contribution is 2.35. The van der Waals surface area contributed by atoms with Crippen LogP contribution in [0.4, 0.5) is 18.9 Å². The minimum Gasteiger partial charge on any atom is -0.325 e. The summed E-state index contributed by atoms with van der Waals surface area (Å²) in [6.07, 6.45) is -2.88. The standard InChI is InChI=1S/C11H9ClF3NO/c12-8-4-3-7(11(13,14)15)5-9(8)16-10(17)6-1-2-6/h3-6H,1-2H2,(H,16,17).